The lowest BCUT2D eigenvalue weighted by atomic mass is 10.1. The van der Waals surface area contributed by atoms with Crippen LogP contribution in [0.2, 0.25) is 0 Å². The van der Waals surface area contributed by atoms with Crippen LogP contribution < -0.4 is 5.32 Å². The predicted molar refractivity (Wildman–Crippen MR) is 76.7 cm³/mol. The first-order valence-electron chi connectivity index (χ1n) is 6.76. The number of carbonyl (C=O) groups is 2. The van der Waals surface area contributed by atoms with E-state index in [-0.39, 0.29) is 5.91 Å². The molecule has 1 heterocycles. The summed E-state index contributed by atoms with van der Waals surface area (Å²) in [7, 11) is 1.33. The van der Waals surface area contributed by atoms with E-state index in [2.05, 4.69) is 5.32 Å². The van der Waals surface area contributed by atoms with Crippen LogP contribution in [0, 0.1) is 13.8 Å². The molecule has 1 aliphatic rings. The molecule has 1 fully saturated rings. The molecule has 1 unspecified atom stereocenters. The van der Waals surface area contributed by atoms with Gasteiger partial charge in [0.2, 0.25) is 5.91 Å². The first-order chi connectivity index (χ1) is 9.54. The Morgan fingerprint density at radius 3 is 2.80 bits per heavy atom. The number of methoxy groups -OCH3 is 1. The van der Waals surface area contributed by atoms with E-state index in [9.17, 15) is 9.59 Å². The molecule has 0 saturated carbocycles. The number of nitrogens with zero attached hydrogens (tertiary/aromatic N) is 1. The van der Waals surface area contributed by atoms with Crippen molar-refractivity contribution in [3.8, 4) is 0 Å². The molecule has 1 N–H and O–H groups in total. The van der Waals surface area contributed by atoms with E-state index in [0.29, 0.717) is 13.0 Å². The second kappa shape index (κ2) is 5.94. The van der Waals surface area contributed by atoms with Gasteiger partial charge < -0.3 is 10.1 Å². The first-order valence-corrected chi connectivity index (χ1v) is 6.76. The maximum atomic E-state index is 12.3. The standard InChI is InChI=1S/C15H20N2O3/c1-10-6-4-7-12(11(10)2)16-14(18)13-8-5-9-17(13)15(19)20-3/h4,6-7,13H,5,8-9H2,1-3H3,(H,16,18). The third kappa shape index (κ3) is 2.76. The van der Waals surface area contributed by atoms with Gasteiger partial charge in [-0.1, -0.05) is 12.1 Å². The van der Waals surface area contributed by atoms with E-state index in [1.807, 2.05) is 32.0 Å². The molecule has 0 aromatic heterocycles. The normalized spacial score (nSPS) is 17.9. The molecule has 0 bridgehead atoms. The molecule has 1 aromatic rings. The zero-order chi connectivity index (χ0) is 14.7. The number of amides is 2. The van der Waals surface area contributed by atoms with Gasteiger partial charge in [-0.25, -0.2) is 4.79 Å². The van der Waals surface area contributed by atoms with Crippen LogP contribution >= 0.6 is 0 Å². The Kier molecular flexibility index (Phi) is 4.27. The van der Waals surface area contributed by atoms with E-state index in [4.69, 9.17) is 4.74 Å². The number of benzene rings is 1. The molecule has 0 radical (unpaired) electrons. The van der Waals surface area contributed by atoms with Crippen LogP contribution in [0.3, 0.4) is 0 Å². The second-order valence-electron chi connectivity index (χ2n) is 5.06. The van der Waals surface area contributed by atoms with Crippen LogP contribution in [-0.2, 0) is 9.53 Å². The topological polar surface area (TPSA) is 58.6 Å². The third-order valence-electron chi connectivity index (χ3n) is 3.83. The summed E-state index contributed by atoms with van der Waals surface area (Å²) in [4.78, 5) is 25.5. The minimum absolute atomic E-state index is 0.151. The summed E-state index contributed by atoms with van der Waals surface area (Å²) in [6, 6.07) is 5.34. The van der Waals surface area contributed by atoms with Gasteiger partial charge in [0.15, 0.2) is 0 Å². The molecule has 0 aliphatic carbocycles. The highest BCUT2D eigenvalue weighted by Gasteiger charge is 2.34. The van der Waals surface area contributed by atoms with Gasteiger partial charge >= 0.3 is 6.09 Å². The molecule has 1 saturated heterocycles. The Labute approximate surface area is 118 Å². The lowest BCUT2D eigenvalue weighted by Crippen LogP contribution is -2.43. The van der Waals surface area contributed by atoms with Crippen molar-refractivity contribution in [1.29, 1.82) is 0 Å². The van der Waals surface area contributed by atoms with Gasteiger partial charge in [0.1, 0.15) is 6.04 Å². The van der Waals surface area contributed by atoms with Crippen molar-refractivity contribution in [2.75, 3.05) is 19.0 Å². The first kappa shape index (κ1) is 14.4. The summed E-state index contributed by atoms with van der Waals surface area (Å²) < 4.78 is 4.71. The number of ether oxygens (including phenoxy) is 1. The highest BCUT2D eigenvalue weighted by molar-refractivity contribution is 5.97. The van der Waals surface area contributed by atoms with Crippen molar-refractivity contribution in [2.24, 2.45) is 0 Å². The number of anilines is 1. The molecule has 1 aromatic carbocycles. The van der Waals surface area contributed by atoms with Gasteiger partial charge in [0, 0.05) is 12.2 Å². The summed E-state index contributed by atoms with van der Waals surface area (Å²) >= 11 is 0. The van der Waals surface area contributed by atoms with Gasteiger partial charge in [-0.2, -0.15) is 0 Å². The largest absolute Gasteiger partial charge is 0.453 e. The lowest BCUT2D eigenvalue weighted by molar-refractivity contribution is -0.119. The van der Waals surface area contributed by atoms with E-state index < -0.39 is 12.1 Å². The lowest BCUT2D eigenvalue weighted by Gasteiger charge is -2.23. The summed E-state index contributed by atoms with van der Waals surface area (Å²) in [6.45, 7) is 4.54. The smallest absolute Gasteiger partial charge is 0.410 e. The van der Waals surface area contributed by atoms with Crippen LogP contribution in [0.15, 0.2) is 18.2 Å². The summed E-state index contributed by atoms with van der Waals surface area (Å²) in [5.74, 6) is -0.151. The number of aryl methyl sites for hydroxylation is 1. The molecule has 2 amide bonds. The number of carbonyl (C=O) groups excluding carboxylic acids is 2. The Bertz CT molecular complexity index is 528. The summed E-state index contributed by atoms with van der Waals surface area (Å²) in [6.07, 6.45) is 1.05. The number of hydrogen-bond acceptors (Lipinski definition) is 3. The second-order valence-corrected chi connectivity index (χ2v) is 5.06. The van der Waals surface area contributed by atoms with Crippen LogP contribution in [0.4, 0.5) is 10.5 Å². The zero-order valence-electron chi connectivity index (χ0n) is 12.1. The molecule has 0 spiro atoms. The fourth-order valence-electron chi connectivity index (χ4n) is 2.48. The van der Waals surface area contributed by atoms with Crippen molar-refractivity contribution in [3.05, 3.63) is 29.3 Å². The highest BCUT2D eigenvalue weighted by atomic mass is 16.5. The van der Waals surface area contributed by atoms with Crippen molar-refractivity contribution >= 4 is 17.7 Å². The van der Waals surface area contributed by atoms with Crippen molar-refractivity contribution < 1.29 is 14.3 Å². The monoisotopic (exact) mass is 276 g/mol. The number of rotatable bonds is 2. The Balaban J connectivity index is 2.11. The van der Waals surface area contributed by atoms with Crippen LogP contribution in [0.25, 0.3) is 0 Å². The Morgan fingerprint density at radius 2 is 2.10 bits per heavy atom. The fraction of sp³-hybridized carbons (Fsp3) is 0.467. The number of nitrogens with one attached hydrogen (secondary N) is 1. The van der Waals surface area contributed by atoms with Gasteiger partial charge in [-0.3, -0.25) is 9.69 Å². The summed E-state index contributed by atoms with van der Waals surface area (Å²) in [5.41, 5.74) is 2.97. The van der Waals surface area contributed by atoms with Gasteiger partial charge in [0.05, 0.1) is 7.11 Å². The molecular weight excluding hydrogens is 256 g/mol. The van der Waals surface area contributed by atoms with Crippen molar-refractivity contribution in [3.63, 3.8) is 0 Å². The fourth-order valence-corrected chi connectivity index (χ4v) is 2.48. The van der Waals surface area contributed by atoms with Gasteiger partial charge in [-0.15, -0.1) is 0 Å². The maximum Gasteiger partial charge on any atom is 0.410 e. The molecule has 5 nitrogen and oxygen atoms in total. The minimum Gasteiger partial charge on any atom is -0.453 e. The molecule has 2 rings (SSSR count). The van der Waals surface area contributed by atoms with E-state index in [1.54, 1.807) is 0 Å². The Hall–Kier alpha value is -2.04. The summed E-state index contributed by atoms with van der Waals surface area (Å²) in [5, 5.41) is 2.91. The average molecular weight is 276 g/mol. The number of hydrogen-bond donors (Lipinski definition) is 1. The van der Waals surface area contributed by atoms with Crippen molar-refractivity contribution in [1.82, 2.24) is 4.90 Å². The average Bonchev–Trinajstić information content (AvgIpc) is 2.92. The quantitative estimate of drug-likeness (QED) is 0.902. The molecule has 1 atom stereocenters. The van der Waals surface area contributed by atoms with Gasteiger partial charge in [-0.05, 0) is 43.9 Å². The van der Waals surface area contributed by atoms with E-state index >= 15 is 0 Å². The predicted octanol–water partition coefficient (Wildman–Crippen LogP) is 2.47. The number of likely N-dealkylation sites (tertiary alicyclic amines) is 1. The minimum atomic E-state index is -0.442. The maximum absolute atomic E-state index is 12.3. The molecule has 5 heteroatoms. The van der Waals surface area contributed by atoms with Crippen molar-refractivity contribution in [2.45, 2.75) is 32.7 Å². The molecule has 108 valence electrons. The molecular formula is C15H20N2O3. The van der Waals surface area contributed by atoms with E-state index in [1.165, 1.54) is 12.0 Å². The Morgan fingerprint density at radius 1 is 1.35 bits per heavy atom. The van der Waals surface area contributed by atoms with E-state index in [0.717, 1.165) is 23.2 Å². The van der Waals surface area contributed by atoms with Crippen LogP contribution in [0.1, 0.15) is 24.0 Å². The van der Waals surface area contributed by atoms with Gasteiger partial charge in [0.25, 0.3) is 0 Å². The highest BCUT2D eigenvalue weighted by Crippen LogP contribution is 2.22. The zero-order valence-corrected chi connectivity index (χ0v) is 12.1. The SMILES string of the molecule is COC(=O)N1CCCC1C(=O)Nc1cccc(C)c1C. The molecule has 20 heavy (non-hydrogen) atoms. The molecule has 1 aliphatic heterocycles. The van der Waals surface area contributed by atoms with Crippen LogP contribution in [-0.4, -0.2) is 36.6 Å². The van der Waals surface area contributed by atoms with Crippen LogP contribution in [0.5, 0.6) is 0 Å². The third-order valence-corrected chi connectivity index (χ3v) is 3.83.